The van der Waals surface area contributed by atoms with Crippen molar-refractivity contribution in [3.8, 4) is 6.07 Å². The van der Waals surface area contributed by atoms with Gasteiger partial charge in [-0.25, -0.2) is 18.1 Å². The lowest BCUT2D eigenvalue weighted by Gasteiger charge is -2.30. The largest absolute Gasteiger partial charge is 0.396 e. The number of hydrogen-bond acceptors (Lipinski definition) is 5. The SMILES string of the molecule is N#Cc1ccc(S(=O)(=O)NC2CCCCC2CO)cn1. The Morgan fingerprint density at radius 2 is 2.15 bits per heavy atom. The second-order valence-electron chi connectivity index (χ2n) is 4.95. The number of nitrogens with one attached hydrogen (secondary N) is 1. The smallest absolute Gasteiger partial charge is 0.242 e. The quantitative estimate of drug-likeness (QED) is 0.854. The highest BCUT2D eigenvalue weighted by Crippen LogP contribution is 2.25. The fourth-order valence-corrected chi connectivity index (χ4v) is 3.74. The summed E-state index contributed by atoms with van der Waals surface area (Å²) in [6.45, 7) is -0.0151. The van der Waals surface area contributed by atoms with Crippen molar-refractivity contribution in [2.75, 3.05) is 6.61 Å². The van der Waals surface area contributed by atoms with Crippen LogP contribution in [0.4, 0.5) is 0 Å². The molecule has 0 spiro atoms. The molecule has 1 aliphatic carbocycles. The number of aromatic nitrogens is 1. The van der Waals surface area contributed by atoms with E-state index in [1.54, 1.807) is 0 Å². The number of aliphatic hydroxyl groups is 1. The van der Waals surface area contributed by atoms with Crippen LogP contribution in [0.1, 0.15) is 31.4 Å². The third-order valence-electron chi connectivity index (χ3n) is 3.61. The van der Waals surface area contributed by atoms with Crippen LogP contribution in [-0.2, 0) is 10.0 Å². The van der Waals surface area contributed by atoms with Gasteiger partial charge in [0.05, 0.1) is 0 Å². The molecule has 1 saturated carbocycles. The van der Waals surface area contributed by atoms with Crippen molar-refractivity contribution in [3.05, 3.63) is 24.0 Å². The minimum Gasteiger partial charge on any atom is -0.396 e. The topological polar surface area (TPSA) is 103 Å². The Balaban J connectivity index is 2.15. The second-order valence-corrected chi connectivity index (χ2v) is 6.66. The second kappa shape index (κ2) is 6.31. The van der Waals surface area contributed by atoms with Crippen molar-refractivity contribution in [1.82, 2.24) is 9.71 Å². The summed E-state index contributed by atoms with van der Waals surface area (Å²) in [5, 5.41) is 18.0. The van der Waals surface area contributed by atoms with E-state index in [2.05, 4.69) is 9.71 Å². The minimum atomic E-state index is -3.66. The standard InChI is InChI=1S/C13H17N3O3S/c14-7-11-5-6-12(8-15-11)20(18,19)16-13-4-2-1-3-10(13)9-17/h5-6,8,10,13,16-17H,1-4,9H2. The molecule has 0 aliphatic heterocycles. The first kappa shape index (κ1) is 14.9. The summed E-state index contributed by atoms with van der Waals surface area (Å²) in [7, 11) is -3.66. The minimum absolute atomic E-state index is 0.0151. The Hall–Kier alpha value is -1.49. The molecule has 108 valence electrons. The molecular weight excluding hydrogens is 278 g/mol. The highest BCUT2D eigenvalue weighted by Gasteiger charge is 2.29. The van der Waals surface area contributed by atoms with E-state index in [0.717, 1.165) is 25.7 Å². The molecule has 6 nitrogen and oxygen atoms in total. The van der Waals surface area contributed by atoms with Crippen molar-refractivity contribution in [2.45, 2.75) is 36.6 Å². The Morgan fingerprint density at radius 1 is 1.40 bits per heavy atom. The molecule has 1 heterocycles. The van der Waals surface area contributed by atoms with Gasteiger partial charge in [0.2, 0.25) is 10.0 Å². The zero-order chi connectivity index (χ0) is 14.6. The first-order valence-corrected chi connectivity index (χ1v) is 8.04. The van der Waals surface area contributed by atoms with Gasteiger partial charge in [0, 0.05) is 18.8 Å². The molecule has 2 unspecified atom stereocenters. The molecule has 7 heteroatoms. The predicted octanol–water partition coefficient (Wildman–Crippen LogP) is 0.783. The van der Waals surface area contributed by atoms with E-state index in [0.29, 0.717) is 0 Å². The third kappa shape index (κ3) is 3.33. The van der Waals surface area contributed by atoms with Crippen LogP contribution in [0.5, 0.6) is 0 Å². The number of pyridine rings is 1. The van der Waals surface area contributed by atoms with Gasteiger partial charge < -0.3 is 5.11 Å². The zero-order valence-corrected chi connectivity index (χ0v) is 11.8. The molecule has 2 rings (SSSR count). The fourth-order valence-electron chi connectivity index (χ4n) is 2.45. The van der Waals surface area contributed by atoms with Crippen molar-refractivity contribution in [1.29, 1.82) is 5.26 Å². The first-order chi connectivity index (χ1) is 9.56. The molecule has 1 aromatic heterocycles. The average Bonchev–Trinajstić information content (AvgIpc) is 2.47. The van der Waals surface area contributed by atoms with Crippen LogP contribution >= 0.6 is 0 Å². The highest BCUT2D eigenvalue weighted by atomic mass is 32.2. The number of nitriles is 1. The summed E-state index contributed by atoms with van der Waals surface area (Å²) in [6.07, 6.45) is 4.71. The number of sulfonamides is 1. The number of rotatable bonds is 4. The van der Waals surface area contributed by atoms with Crippen molar-refractivity contribution < 1.29 is 13.5 Å². The Morgan fingerprint density at radius 3 is 2.75 bits per heavy atom. The summed E-state index contributed by atoms with van der Waals surface area (Å²) < 4.78 is 27.1. The molecule has 0 bridgehead atoms. The maximum atomic E-state index is 12.2. The van der Waals surface area contributed by atoms with E-state index in [1.165, 1.54) is 18.3 Å². The van der Waals surface area contributed by atoms with Crippen LogP contribution in [0.3, 0.4) is 0 Å². The van der Waals surface area contributed by atoms with E-state index < -0.39 is 10.0 Å². The van der Waals surface area contributed by atoms with E-state index in [-0.39, 0.29) is 29.2 Å². The molecule has 0 saturated heterocycles. The van der Waals surface area contributed by atoms with Gasteiger partial charge in [-0.2, -0.15) is 5.26 Å². The van der Waals surface area contributed by atoms with Crippen molar-refractivity contribution >= 4 is 10.0 Å². The summed E-state index contributed by atoms with van der Waals surface area (Å²) in [4.78, 5) is 3.81. The lowest BCUT2D eigenvalue weighted by molar-refractivity contribution is 0.164. The summed E-state index contributed by atoms with van der Waals surface area (Å²) in [6, 6.07) is 4.34. The Labute approximate surface area is 118 Å². The van der Waals surface area contributed by atoms with Crippen LogP contribution in [0.15, 0.2) is 23.2 Å². The van der Waals surface area contributed by atoms with Crippen LogP contribution < -0.4 is 4.72 Å². The van der Waals surface area contributed by atoms with Gasteiger partial charge in [-0.15, -0.1) is 0 Å². The molecule has 1 aliphatic rings. The molecule has 1 aromatic rings. The van der Waals surface area contributed by atoms with Crippen molar-refractivity contribution in [2.24, 2.45) is 5.92 Å². The molecule has 0 amide bonds. The average molecular weight is 295 g/mol. The molecule has 20 heavy (non-hydrogen) atoms. The maximum absolute atomic E-state index is 12.2. The van der Waals surface area contributed by atoms with E-state index in [9.17, 15) is 13.5 Å². The number of hydrogen-bond donors (Lipinski definition) is 2. The summed E-state index contributed by atoms with van der Waals surface area (Å²) >= 11 is 0. The molecule has 0 aromatic carbocycles. The number of aliphatic hydroxyl groups excluding tert-OH is 1. The highest BCUT2D eigenvalue weighted by molar-refractivity contribution is 7.89. The van der Waals surface area contributed by atoms with Gasteiger partial charge in [0.15, 0.2) is 0 Å². The lowest BCUT2D eigenvalue weighted by Crippen LogP contribution is -2.43. The molecule has 2 N–H and O–H groups in total. The van der Waals surface area contributed by atoms with Gasteiger partial charge in [0.25, 0.3) is 0 Å². The normalized spacial score (nSPS) is 23.2. The van der Waals surface area contributed by atoms with Gasteiger partial charge >= 0.3 is 0 Å². The Bertz CT molecular complexity index is 592. The predicted molar refractivity (Wildman–Crippen MR) is 72.1 cm³/mol. The van der Waals surface area contributed by atoms with Gasteiger partial charge in [-0.1, -0.05) is 12.8 Å². The molecule has 0 radical (unpaired) electrons. The van der Waals surface area contributed by atoms with Crippen molar-refractivity contribution in [3.63, 3.8) is 0 Å². The monoisotopic (exact) mass is 295 g/mol. The van der Waals surface area contributed by atoms with Crippen LogP contribution in [0.2, 0.25) is 0 Å². The summed E-state index contributed by atoms with van der Waals surface area (Å²) in [5.74, 6) is -0.0372. The third-order valence-corrected chi connectivity index (χ3v) is 5.09. The summed E-state index contributed by atoms with van der Waals surface area (Å²) in [5.41, 5.74) is 0.176. The van der Waals surface area contributed by atoms with E-state index in [4.69, 9.17) is 5.26 Å². The molecule has 1 fully saturated rings. The number of nitrogens with zero attached hydrogens (tertiary/aromatic N) is 2. The molecule has 2 atom stereocenters. The van der Waals surface area contributed by atoms with Gasteiger partial charge in [0.1, 0.15) is 16.7 Å². The van der Waals surface area contributed by atoms with Crippen LogP contribution in [-0.4, -0.2) is 31.2 Å². The lowest BCUT2D eigenvalue weighted by atomic mass is 9.86. The Kier molecular flexibility index (Phi) is 4.70. The first-order valence-electron chi connectivity index (χ1n) is 6.56. The van der Waals surface area contributed by atoms with E-state index >= 15 is 0 Å². The van der Waals surface area contributed by atoms with Gasteiger partial charge in [-0.05, 0) is 30.9 Å². The maximum Gasteiger partial charge on any atom is 0.242 e. The van der Waals surface area contributed by atoms with Crippen LogP contribution in [0.25, 0.3) is 0 Å². The molecular formula is C13H17N3O3S. The zero-order valence-electron chi connectivity index (χ0n) is 11.0. The van der Waals surface area contributed by atoms with E-state index in [1.807, 2.05) is 6.07 Å². The van der Waals surface area contributed by atoms with Crippen LogP contribution in [0, 0.1) is 17.2 Å². The fraction of sp³-hybridized carbons (Fsp3) is 0.538. The van der Waals surface area contributed by atoms with Gasteiger partial charge in [-0.3, -0.25) is 0 Å².